The fraction of sp³-hybridized carbons (Fsp3) is 0.200. The lowest BCUT2D eigenvalue weighted by Gasteiger charge is -2.14. The predicted octanol–water partition coefficient (Wildman–Crippen LogP) is 3.78. The monoisotopic (exact) mass is 296 g/mol. The summed E-state index contributed by atoms with van der Waals surface area (Å²) in [6.45, 7) is 0.484. The van der Waals surface area contributed by atoms with E-state index in [0.717, 1.165) is 6.07 Å². The van der Waals surface area contributed by atoms with E-state index in [1.54, 1.807) is 30.3 Å². The molecule has 0 saturated heterocycles. The van der Waals surface area contributed by atoms with Crippen molar-refractivity contribution in [3.63, 3.8) is 0 Å². The molecule has 0 radical (unpaired) electrons. The lowest BCUT2D eigenvalue weighted by atomic mass is 10.1. The van der Waals surface area contributed by atoms with Crippen LogP contribution in [0.2, 0.25) is 0 Å². The predicted molar refractivity (Wildman–Crippen MR) is 76.3 cm³/mol. The highest BCUT2D eigenvalue weighted by Gasteiger charge is 2.32. The van der Waals surface area contributed by atoms with Crippen molar-refractivity contribution < 1.29 is 17.9 Å². The highest BCUT2D eigenvalue weighted by atomic mass is 19.4. The Morgan fingerprint density at radius 3 is 2.52 bits per heavy atom. The molecule has 3 N–H and O–H groups in total. The van der Waals surface area contributed by atoms with E-state index in [4.69, 9.17) is 10.5 Å². The first-order valence-electron chi connectivity index (χ1n) is 6.35. The van der Waals surface area contributed by atoms with Crippen molar-refractivity contribution in [2.24, 2.45) is 0 Å². The van der Waals surface area contributed by atoms with Crippen LogP contribution in [0.25, 0.3) is 0 Å². The highest BCUT2D eigenvalue weighted by Crippen LogP contribution is 2.34. The summed E-state index contributed by atoms with van der Waals surface area (Å²) in [6.07, 6.45) is -4.38. The number of hydrogen-bond acceptors (Lipinski definition) is 3. The molecule has 0 aliphatic carbocycles. The van der Waals surface area contributed by atoms with Gasteiger partial charge in [-0.3, -0.25) is 0 Å². The van der Waals surface area contributed by atoms with Crippen LogP contribution in [-0.2, 0) is 6.18 Å². The molecule has 0 amide bonds. The Kier molecular flexibility index (Phi) is 4.57. The van der Waals surface area contributed by atoms with Crippen LogP contribution in [0.1, 0.15) is 5.56 Å². The maximum atomic E-state index is 12.8. The molecule has 2 aromatic rings. The Bertz CT molecular complexity index is 599. The van der Waals surface area contributed by atoms with Crippen molar-refractivity contribution in [2.45, 2.75) is 6.18 Å². The van der Waals surface area contributed by atoms with Crippen LogP contribution < -0.4 is 15.8 Å². The van der Waals surface area contributed by atoms with Crippen molar-refractivity contribution in [3.8, 4) is 5.75 Å². The summed E-state index contributed by atoms with van der Waals surface area (Å²) in [5.41, 5.74) is 5.53. The van der Waals surface area contributed by atoms with Crippen molar-refractivity contribution >= 4 is 11.4 Å². The summed E-state index contributed by atoms with van der Waals surface area (Å²) in [5, 5.41) is 2.73. The standard InChI is InChI=1S/C15H15F3N2O/c16-15(17,18)13-6-1-2-7-14(13)20-8-9-21-12-5-3-4-11(19)10-12/h1-7,10,20H,8-9,19H2. The largest absolute Gasteiger partial charge is 0.492 e. The maximum Gasteiger partial charge on any atom is 0.418 e. The van der Waals surface area contributed by atoms with Gasteiger partial charge in [-0.2, -0.15) is 13.2 Å². The van der Waals surface area contributed by atoms with Gasteiger partial charge in [-0.25, -0.2) is 0 Å². The van der Waals surface area contributed by atoms with Crippen LogP contribution in [0, 0.1) is 0 Å². The summed E-state index contributed by atoms with van der Waals surface area (Å²) in [7, 11) is 0. The molecule has 112 valence electrons. The van der Waals surface area contributed by atoms with E-state index < -0.39 is 11.7 Å². The topological polar surface area (TPSA) is 47.3 Å². The van der Waals surface area contributed by atoms with Gasteiger partial charge < -0.3 is 15.8 Å². The maximum absolute atomic E-state index is 12.8. The van der Waals surface area contributed by atoms with Crippen LogP contribution in [0.4, 0.5) is 24.5 Å². The van der Waals surface area contributed by atoms with Gasteiger partial charge in [0, 0.05) is 24.0 Å². The third kappa shape index (κ3) is 4.30. The van der Waals surface area contributed by atoms with Crippen LogP contribution in [0.3, 0.4) is 0 Å². The Morgan fingerprint density at radius 2 is 1.81 bits per heavy atom. The molecule has 0 fully saturated rings. The molecule has 6 heteroatoms. The molecule has 0 bridgehead atoms. The van der Waals surface area contributed by atoms with Crippen LogP contribution in [0.5, 0.6) is 5.75 Å². The Balaban J connectivity index is 1.90. The van der Waals surface area contributed by atoms with Gasteiger partial charge in [-0.1, -0.05) is 18.2 Å². The summed E-state index contributed by atoms with van der Waals surface area (Å²) < 4.78 is 43.8. The van der Waals surface area contributed by atoms with Crippen molar-refractivity contribution in [2.75, 3.05) is 24.2 Å². The lowest BCUT2D eigenvalue weighted by Crippen LogP contribution is -2.15. The van der Waals surface area contributed by atoms with Crippen LogP contribution in [-0.4, -0.2) is 13.2 Å². The fourth-order valence-electron chi connectivity index (χ4n) is 1.84. The number of benzene rings is 2. The van der Waals surface area contributed by atoms with Gasteiger partial charge in [0.05, 0.1) is 5.56 Å². The van der Waals surface area contributed by atoms with Gasteiger partial charge in [-0.05, 0) is 24.3 Å². The molecule has 0 aliphatic heterocycles. The van der Waals surface area contributed by atoms with E-state index in [1.807, 2.05) is 0 Å². The quantitative estimate of drug-likeness (QED) is 0.652. The molecule has 0 saturated carbocycles. The zero-order valence-corrected chi connectivity index (χ0v) is 11.2. The second-order valence-corrected chi connectivity index (χ2v) is 4.39. The third-order valence-electron chi connectivity index (χ3n) is 2.78. The zero-order valence-electron chi connectivity index (χ0n) is 11.2. The third-order valence-corrected chi connectivity index (χ3v) is 2.78. The van der Waals surface area contributed by atoms with Crippen molar-refractivity contribution in [3.05, 3.63) is 54.1 Å². The van der Waals surface area contributed by atoms with Gasteiger partial charge in [-0.15, -0.1) is 0 Å². The molecule has 0 heterocycles. The molecular formula is C15H15F3N2O. The summed E-state index contributed by atoms with van der Waals surface area (Å²) in [5.74, 6) is 0.584. The van der Waals surface area contributed by atoms with E-state index in [-0.39, 0.29) is 18.8 Å². The first-order chi connectivity index (χ1) is 9.97. The Morgan fingerprint density at radius 1 is 1.05 bits per heavy atom. The molecule has 2 aromatic carbocycles. The number of ether oxygens (including phenoxy) is 1. The lowest BCUT2D eigenvalue weighted by molar-refractivity contribution is -0.136. The van der Waals surface area contributed by atoms with Crippen LogP contribution >= 0.6 is 0 Å². The normalized spacial score (nSPS) is 11.2. The molecule has 0 spiro atoms. The number of nitrogens with one attached hydrogen (secondary N) is 1. The minimum Gasteiger partial charge on any atom is -0.492 e. The minimum atomic E-state index is -4.38. The van der Waals surface area contributed by atoms with E-state index in [0.29, 0.717) is 11.4 Å². The summed E-state index contributed by atoms with van der Waals surface area (Å²) in [4.78, 5) is 0. The first-order valence-corrected chi connectivity index (χ1v) is 6.35. The number of para-hydroxylation sites is 1. The van der Waals surface area contributed by atoms with Crippen molar-refractivity contribution in [1.82, 2.24) is 0 Å². The smallest absolute Gasteiger partial charge is 0.418 e. The molecule has 0 aromatic heterocycles. The summed E-state index contributed by atoms with van der Waals surface area (Å²) in [6, 6.07) is 12.2. The Hall–Kier alpha value is -2.37. The van der Waals surface area contributed by atoms with Gasteiger partial charge in [0.1, 0.15) is 12.4 Å². The SMILES string of the molecule is Nc1cccc(OCCNc2ccccc2C(F)(F)F)c1. The van der Waals surface area contributed by atoms with E-state index >= 15 is 0 Å². The number of hydrogen-bond donors (Lipinski definition) is 2. The first kappa shape index (κ1) is 15.0. The number of nitrogens with two attached hydrogens (primary N) is 1. The van der Waals surface area contributed by atoms with Crippen LogP contribution in [0.15, 0.2) is 48.5 Å². The average molecular weight is 296 g/mol. The number of anilines is 2. The van der Waals surface area contributed by atoms with E-state index in [2.05, 4.69) is 5.32 Å². The zero-order chi connectivity index (χ0) is 15.3. The second kappa shape index (κ2) is 6.39. The average Bonchev–Trinajstić information content (AvgIpc) is 2.43. The summed E-state index contributed by atoms with van der Waals surface area (Å²) >= 11 is 0. The second-order valence-electron chi connectivity index (χ2n) is 4.39. The number of alkyl halides is 3. The number of nitrogen functional groups attached to an aromatic ring is 1. The van der Waals surface area contributed by atoms with Gasteiger partial charge >= 0.3 is 6.18 Å². The molecule has 21 heavy (non-hydrogen) atoms. The molecule has 0 atom stereocenters. The number of halogens is 3. The van der Waals surface area contributed by atoms with Gasteiger partial charge in [0.2, 0.25) is 0 Å². The van der Waals surface area contributed by atoms with Gasteiger partial charge in [0.15, 0.2) is 0 Å². The van der Waals surface area contributed by atoms with E-state index in [9.17, 15) is 13.2 Å². The molecule has 3 nitrogen and oxygen atoms in total. The molecule has 0 aliphatic rings. The van der Waals surface area contributed by atoms with Crippen molar-refractivity contribution in [1.29, 1.82) is 0 Å². The molecule has 2 rings (SSSR count). The molecular weight excluding hydrogens is 281 g/mol. The minimum absolute atomic E-state index is 0.0428. The highest BCUT2D eigenvalue weighted by molar-refractivity contribution is 5.52. The number of rotatable bonds is 5. The molecule has 0 unspecified atom stereocenters. The van der Waals surface area contributed by atoms with Gasteiger partial charge in [0.25, 0.3) is 0 Å². The Labute approximate surface area is 120 Å². The van der Waals surface area contributed by atoms with E-state index in [1.165, 1.54) is 12.1 Å². The fourth-order valence-corrected chi connectivity index (χ4v) is 1.84.